The standard InChI is InChI=1S/C29H26N4O5S/c1-17-13-18(2)27(19(3)14-17)38-29-23(28(34)33-39(35,36)26-8-6-7-20(4)31-26)11-12-24(32-29)21-9-10-22(16-30)25(15-21)37-5/h6-15H,1-5H3,(H,33,34). The van der Waals surface area contributed by atoms with Gasteiger partial charge in [-0.25, -0.2) is 14.7 Å². The van der Waals surface area contributed by atoms with E-state index in [0.717, 1.165) is 16.7 Å². The highest BCUT2D eigenvalue weighted by Crippen LogP contribution is 2.33. The summed E-state index contributed by atoms with van der Waals surface area (Å²) >= 11 is 0. The van der Waals surface area contributed by atoms with Gasteiger partial charge >= 0.3 is 0 Å². The number of nitrogens with zero attached hydrogens (tertiary/aromatic N) is 3. The molecule has 2 aromatic carbocycles. The average Bonchev–Trinajstić information content (AvgIpc) is 2.89. The summed E-state index contributed by atoms with van der Waals surface area (Å²) in [6.07, 6.45) is 0. The molecular formula is C29H26N4O5S. The van der Waals surface area contributed by atoms with Crippen LogP contribution in [-0.2, 0) is 10.0 Å². The lowest BCUT2D eigenvalue weighted by atomic mass is 10.1. The van der Waals surface area contributed by atoms with Crippen molar-refractivity contribution in [3.05, 3.63) is 94.2 Å². The highest BCUT2D eigenvalue weighted by atomic mass is 32.2. The fraction of sp³-hybridized carbons (Fsp3) is 0.172. The first kappa shape index (κ1) is 27.3. The Morgan fingerprint density at radius 3 is 2.31 bits per heavy atom. The van der Waals surface area contributed by atoms with E-state index in [1.807, 2.05) is 32.9 Å². The van der Waals surface area contributed by atoms with Gasteiger partial charge in [0.2, 0.25) is 5.88 Å². The third-order valence-corrected chi connectivity index (χ3v) is 7.12. The fourth-order valence-electron chi connectivity index (χ4n) is 4.12. The number of sulfonamides is 1. The van der Waals surface area contributed by atoms with E-state index in [4.69, 9.17) is 9.47 Å². The third-order valence-electron chi connectivity index (χ3n) is 5.89. The van der Waals surface area contributed by atoms with Gasteiger partial charge in [0, 0.05) is 11.3 Å². The lowest BCUT2D eigenvalue weighted by Gasteiger charge is -2.16. The molecule has 2 aromatic heterocycles. The van der Waals surface area contributed by atoms with Gasteiger partial charge in [-0.15, -0.1) is 0 Å². The van der Waals surface area contributed by atoms with Crippen LogP contribution < -0.4 is 14.2 Å². The summed E-state index contributed by atoms with van der Waals surface area (Å²) < 4.78 is 39.4. The molecule has 9 nitrogen and oxygen atoms in total. The maximum absolute atomic E-state index is 13.3. The van der Waals surface area contributed by atoms with E-state index in [9.17, 15) is 18.5 Å². The van der Waals surface area contributed by atoms with Crippen molar-refractivity contribution in [3.63, 3.8) is 0 Å². The van der Waals surface area contributed by atoms with Gasteiger partial charge in [0.25, 0.3) is 15.9 Å². The molecule has 0 aliphatic carbocycles. The summed E-state index contributed by atoms with van der Waals surface area (Å²) in [5.74, 6) is -0.147. The molecule has 0 saturated carbocycles. The first-order valence-electron chi connectivity index (χ1n) is 11.9. The topological polar surface area (TPSA) is 131 Å². The van der Waals surface area contributed by atoms with E-state index in [2.05, 4.69) is 20.8 Å². The number of nitriles is 1. The number of benzene rings is 2. The molecule has 1 amide bonds. The van der Waals surface area contributed by atoms with Crippen molar-refractivity contribution in [1.29, 1.82) is 5.26 Å². The average molecular weight is 543 g/mol. The Labute approximate surface area is 227 Å². The Balaban J connectivity index is 1.80. The zero-order chi connectivity index (χ0) is 28.3. The maximum atomic E-state index is 13.3. The summed E-state index contributed by atoms with van der Waals surface area (Å²) in [5, 5.41) is 9.04. The molecule has 0 aliphatic rings. The Kier molecular flexibility index (Phi) is 7.65. The number of pyridine rings is 2. The first-order chi connectivity index (χ1) is 18.5. The molecule has 1 N–H and O–H groups in total. The number of methoxy groups -OCH3 is 1. The maximum Gasteiger partial charge on any atom is 0.281 e. The Bertz CT molecular complexity index is 1720. The molecule has 4 aromatic rings. The van der Waals surface area contributed by atoms with Crippen molar-refractivity contribution in [2.75, 3.05) is 7.11 Å². The van der Waals surface area contributed by atoms with Gasteiger partial charge < -0.3 is 9.47 Å². The minimum atomic E-state index is -4.26. The second kappa shape index (κ2) is 10.9. The van der Waals surface area contributed by atoms with Crippen LogP contribution in [0.2, 0.25) is 0 Å². The number of rotatable bonds is 7. The minimum absolute atomic E-state index is 0.0872. The molecule has 0 aliphatic heterocycles. The lowest BCUT2D eigenvalue weighted by molar-refractivity contribution is 0.0978. The summed E-state index contributed by atoms with van der Waals surface area (Å²) in [6, 6.07) is 18.4. The molecule has 10 heteroatoms. The molecule has 0 fully saturated rings. The molecule has 0 saturated heterocycles. The Hall–Kier alpha value is -4.75. The predicted octanol–water partition coefficient (Wildman–Crippen LogP) is 5.17. The second-order valence-corrected chi connectivity index (χ2v) is 10.6. The highest BCUT2D eigenvalue weighted by Gasteiger charge is 2.25. The first-order valence-corrected chi connectivity index (χ1v) is 13.4. The van der Waals surface area contributed by atoms with Crippen LogP contribution in [0.4, 0.5) is 0 Å². The molecule has 0 unspecified atom stereocenters. The van der Waals surface area contributed by atoms with E-state index in [1.54, 1.807) is 43.3 Å². The monoisotopic (exact) mass is 542 g/mol. The van der Waals surface area contributed by atoms with E-state index in [-0.39, 0.29) is 16.5 Å². The van der Waals surface area contributed by atoms with Crippen molar-refractivity contribution in [3.8, 4) is 34.7 Å². The van der Waals surface area contributed by atoms with Crippen LogP contribution in [0, 0.1) is 39.0 Å². The molecule has 198 valence electrons. The van der Waals surface area contributed by atoms with Crippen LogP contribution >= 0.6 is 0 Å². The summed E-state index contributed by atoms with van der Waals surface area (Å²) in [6.45, 7) is 7.36. The normalized spacial score (nSPS) is 11.0. The molecule has 0 radical (unpaired) electrons. The van der Waals surface area contributed by atoms with Crippen molar-refractivity contribution >= 4 is 15.9 Å². The number of nitrogens with one attached hydrogen (secondary N) is 1. The molecule has 0 bridgehead atoms. The number of carbonyl (C=O) groups excluding carboxylic acids is 1. The number of hydrogen-bond donors (Lipinski definition) is 1. The smallest absolute Gasteiger partial charge is 0.281 e. The van der Waals surface area contributed by atoms with Crippen molar-refractivity contribution in [1.82, 2.24) is 14.7 Å². The van der Waals surface area contributed by atoms with Gasteiger partial charge in [0.1, 0.15) is 23.1 Å². The number of carbonyl (C=O) groups is 1. The van der Waals surface area contributed by atoms with Crippen LogP contribution in [0.3, 0.4) is 0 Å². The zero-order valence-corrected chi connectivity index (χ0v) is 22.9. The van der Waals surface area contributed by atoms with Crippen LogP contribution in [-0.4, -0.2) is 31.4 Å². The van der Waals surface area contributed by atoms with Crippen LogP contribution in [0.1, 0.15) is 38.3 Å². The summed E-state index contributed by atoms with van der Waals surface area (Å²) in [5.41, 5.74) is 4.48. The van der Waals surface area contributed by atoms with E-state index >= 15 is 0 Å². The van der Waals surface area contributed by atoms with E-state index in [1.165, 1.54) is 19.2 Å². The van der Waals surface area contributed by atoms with Gasteiger partial charge in [-0.1, -0.05) is 29.8 Å². The quantitative estimate of drug-likeness (QED) is 0.338. The summed E-state index contributed by atoms with van der Waals surface area (Å²) in [7, 11) is -2.80. The van der Waals surface area contributed by atoms with Crippen LogP contribution in [0.25, 0.3) is 11.3 Å². The number of aryl methyl sites for hydroxylation is 4. The second-order valence-electron chi connectivity index (χ2n) is 8.96. The van der Waals surface area contributed by atoms with Crippen molar-refractivity contribution in [2.45, 2.75) is 32.7 Å². The third kappa shape index (κ3) is 5.89. The molecular weight excluding hydrogens is 516 g/mol. The predicted molar refractivity (Wildman–Crippen MR) is 145 cm³/mol. The Morgan fingerprint density at radius 1 is 0.949 bits per heavy atom. The van der Waals surface area contributed by atoms with E-state index < -0.39 is 15.9 Å². The SMILES string of the molecule is COc1cc(-c2ccc(C(=O)NS(=O)(=O)c3cccc(C)n3)c(Oc3c(C)cc(C)cc3C)n2)ccc1C#N. The van der Waals surface area contributed by atoms with Crippen molar-refractivity contribution in [2.24, 2.45) is 0 Å². The molecule has 39 heavy (non-hydrogen) atoms. The van der Waals surface area contributed by atoms with Gasteiger partial charge in [0.05, 0.1) is 18.4 Å². The van der Waals surface area contributed by atoms with Crippen LogP contribution in [0.5, 0.6) is 17.4 Å². The molecule has 4 rings (SSSR count). The summed E-state index contributed by atoms with van der Waals surface area (Å²) in [4.78, 5) is 21.9. The number of ether oxygens (including phenoxy) is 2. The van der Waals surface area contributed by atoms with Gasteiger partial charge in [0.15, 0.2) is 5.03 Å². The van der Waals surface area contributed by atoms with Gasteiger partial charge in [-0.3, -0.25) is 4.79 Å². The van der Waals surface area contributed by atoms with Gasteiger partial charge in [-0.2, -0.15) is 13.7 Å². The number of aromatic nitrogens is 2. The largest absolute Gasteiger partial charge is 0.495 e. The molecule has 0 spiro atoms. The molecule has 0 atom stereocenters. The van der Waals surface area contributed by atoms with Crippen molar-refractivity contribution < 1.29 is 22.7 Å². The minimum Gasteiger partial charge on any atom is -0.495 e. The molecule has 2 heterocycles. The zero-order valence-electron chi connectivity index (χ0n) is 22.1. The lowest BCUT2D eigenvalue weighted by Crippen LogP contribution is -2.31. The number of amides is 1. The van der Waals surface area contributed by atoms with Crippen LogP contribution in [0.15, 0.2) is 65.7 Å². The Morgan fingerprint density at radius 2 is 1.67 bits per heavy atom. The number of hydrogen-bond acceptors (Lipinski definition) is 8. The van der Waals surface area contributed by atoms with E-state index in [0.29, 0.717) is 34.0 Å². The van der Waals surface area contributed by atoms with Gasteiger partial charge in [-0.05, 0) is 75.2 Å². The highest BCUT2D eigenvalue weighted by molar-refractivity contribution is 7.90. The fourth-order valence-corrected chi connectivity index (χ4v) is 5.10.